The summed E-state index contributed by atoms with van der Waals surface area (Å²) in [6.07, 6.45) is 9.98. The summed E-state index contributed by atoms with van der Waals surface area (Å²) in [4.78, 5) is 16.2. The molecule has 1 aliphatic heterocycles. The molecular formula is C28H39N3O4. The quantitative estimate of drug-likeness (QED) is 0.555. The van der Waals surface area contributed by atoms with Crippen LogP contribution >= 0.6 is 0 Å². The van der Waals surface area contributed by atoms with Crippen LogP contribution in [-0.2, 0) is 25.8 Å². The van der Waals surface area contributed by atoms with Crippen LogP contribution in [0.25, 0.3) is 0 Å². The fraction of sp³-hybridized carbons (Fsp3) is 0.607. The molecule has 190 valence electrons. The molecule has 2 aromatic rings. The standard InChI is InChI=1S/C28H39N3O4/c1-29(2)28(34)35-25-12-8-11-19-20-15-18-30(24(20)14-13-21(19)25)16-6-3-7-17-31-26(32)22-9-4-5-10-23(22)27(31)33/h8,11-12,20,24,32-33H,3-7,9-10,13-18H2,1-2H3/t20-,24+/m0/s1. The van der Waals surface area contributed by atoms with E-state index in [1.54, 1.807) is 18.7 Å². The zero-order valence-corrected chi connectivity index (χ0v) is 21.1. The normalized spacial score (nSPS) is 21.3. The van der Waals surface area contributed by atoms with E-state index < -0.39 is 0 Å². The fourth-order valence-electron chi connectivity index (χ4n) is 6.51. The van der Waals surface area contributed by atoms with E-state index in [-0.39, 0.29) is 17.9 Å². The Hall–Kier alpha value is -2.67. The van der Waals surface area contributed by atoms with Gasteiger partial charge in [-0.2, -0.15) is 0 Å². The number of amides is 1. The molecule has 7 heteroatoms. The Balaban J connectivity index is 1.14. The Morgan fingerprint density at radius 1 is 0.971 bits per heavy atom. The molecule has 2 heterocycles. The van der Waals surface area contributed by atoms with Crippen molar-refractivity contribution >= 4 is 6.09 Å². The molecule has 0 radical (unpaired) electrons. The van der Waals surface area contributed by atoms with Gasteiger partial charge in [0.2, 0.25) is 0 Å². The maximum Gasteiger partial charge on any atom is 0.414 e. The number of unbranched alkanes of at least 4 members (excludes halogenated alkanes) is 2. The molecule has 2 aliphatic carbocycles. The molecule has 5 rings (SSSR count). The first-order chi connectivity index (χ1) is 17.0. The summed E-state index contributed by atoms with van der Waals surface area (Å²) in [5, 5.41) is 21.1. The predicted molar refractivity (Wildman–Crippen MR) is 135 cm³/mol. The fourth-order valence-corrected chi connectivity index (χ4v) is 6.51. The van der Waals surface area contributed by atoms with Gasteiger partial charge in [0, 0.05) is 43.7 Å². The van der Waals surface area contributed by atoms with Crippen molar-refractivity contribution in [3.63, 3.8) is 0 Å². The highest BCUT2D eigenvalue weighted by Gasteiger charge is 2.39. The monoisotopic (exact) mass is 481 g/mol. The molecule has 0 spiro atoms. The lowest BCUT2D eigenvalue weighted by Crippen LogP contribution is -2.36. The number of carbonyl (C=O) groups excluding carboxylic acids is 1. The Morgan fingerprint density at radius 2 is 1.69 bits per heavy atom. The summed E-state index contributed by atoms with van der Waals surface area (Å²) in [5.41, 5.74) is 4.50. The van der Waals surface area contributed by atoms with Crippen molar-refractivity contribution in [1.82, 2.24) is 14.4 Å². The Labute approximate surface area is 208 Å². The van der Waals surface area contributed by atoms with Gasteiger partial charge in [-0.1, -0.05) is 18.6 Å². The Kier molecular flexibility index (Phi) is 6.96. The second-order valence-corrected chi connectivity index (χ2v) is 10.6. The highest BCUT2D eigenvalue weighted by molar-refractivity contribution is 5.70. The molecule has 35 heavy (non-hydrogen) atoms. The number of ether oxygens (including phenoxy) is 1. The minimum Gasteiger partial charge on any atom is -0.494 e. The van der Waals surface area contributed by atoms with Gasteiger partial charge in [-0.3, -0.25) is 9.47 Å². The van der Waals surface area contributed by atoms with Crippen molar-refractivity contribution in [2.24, 2.45) is 0 Å². The maximum atomic E-state index is 12.1. The average Bonchev–Trinajstić information content (AvgIpc) is 3.38. The van der Waals surface area contributed by atoms with E-state index in [4.69, 9.17) is 4.74 Å². The summed E-state index contributed by atoms with van der Waals surface area (Å²) in [5.74, 6) is 1.81. The number of carbonyl (C=O) groups is 1. The zero-order valence-electron chi connectivity index (χ0n) is 21.1. The Bertz CT molecular complexity index is 1050. The first-order valence-electron chi connectivity index (χ1n) is 13.3. The summed E-state index contributed by atoms with van der Waals surface area (Å²) >= 11 is 0. The molecule has 3 aliphatic rings. The molecule has 2 atom stereocenters. The van der Waals surface area contributed by atoms with Crippen LogP contribution in [0.2, 0.25) is 0 Å². The molecule has 0 unspecified atom stereocenters. The van der Waals surface area contributed by atoms with Crippen LogP contribution in [0.5, 0.6) is 17.5 Å². The molecule has 0 bridgehead atoms. The van der Waals surface area contributed by atoms with Crippen LogP contribution in [0.4, 0.5) is 4.79 Å². The first kappa shape index (κ1) is 24.0. The van der Waals surface area contributed by atoms with E-state index in [1.807, 2.05) is 12.1 Å². The van der Waals surface area contributed by atoms with Crippen molar-refractivity contribution in [3.05, 3.63) is 40.5 Å². The molecule has 7 nitrogen and oxygen atoms in total. The van der Waals surface area contributed by atoms with Crippen LogP contribution in [0, 0.1) is 0 Å². The molecule has 0 saturated carbocycles. The van der Waals surface area contributed by atoms with Gasteiger partial charge in [-0.25, -0.2) is 4.79 Å². The zero-order chi connectivity index (χ0) is 24.5. The number of fused-ring (bicyclic) bond motifs is 4. The van der Waals surface area contributed by atoms with Gasteiger partial charge < -0.3 is 19.8 Å². The van der Waals surface area contributed by atoms with Crippen LogP contribution < -0.4 is 4.74 Å². The number of benzene rings is 1. The van der Waals surface area contributed by atoms with E-state index in [1.165, 1.54) is 16.0 Å². The lowest BCUT2D eigenvalue weighted by atomic mass is 9.79. The second kappa shape index (κ2) is 10.1. The van der Waals surface area contributed by atoms with Gasteiger partial charge >= 0.3 is 6.09 Å². The van der Waals surface area contributed by atoms with E-state index in [9.17, 15) is 15.0 Å². The highest BCUT2D eigenvalue weighted by Crippen LogP contribution is 2.44. The third-order valence-corrected chi connectivity index (χ3v) is 8.33. The van der Waals surface area contributed by atoms with E-state index >= 15 is 0 Å². The van der Waals surface area contributed by atoms with Crippen LogP contribution in [0.15, 0.2) is 18.2 Å². The molecule has 1 aromatic heterocycles. The SMILES string of the molecule is CN(C)C(=O)Oc1cccc2c1CC[C@@H]1[C@H]2CCN1CCCCCn1c(O)c2c(c1O)CCCC2. The van der Waals surface area contributed by atoms with E-state index in [0.29, 0.717) is 18.5 Å². The van der Waals surface area contributed by atoms with Crippen molar-refractivity contribution in [3.8, 4) is 17.5 Å². The third kappa shape index (κ3) is 4.63. The lowest BCUT2D eigenvalue weighted by Gasteiger charge is -2.34. The smallest absolute Gasteiger partial charge is 0.414 e. The maximum absolute atomic E-state index is 12.1. The number of rotatable bonds is 7. The summed E-state index contributed by atoms with van der Waals surface area (Å²) < 4.78 is 7.38. The van der Waals surface area contributed by atoms with Crippen molar-refractivity contribution in [2.45, 2.75) is 82.7 Å². The van der Waals surface area contributed by atoms with Gasteiger partial charge in [0.05, 0.1) is 0 Å². The molecule has 2 N–H and O–H groups in total. The van der Waals surface area contributed by atoms with Crippen molar-refractivity contribution < 1.29 is 19.7 Å². The predicted octanol–water partition coefficient (Wildman–Crippen LogP) is 4.81. The number of likely N-dealkylation sites (tertiary alicyclic amines) is 1. The topological polar surface area (TPSA) is 78.2 Å². The minimum absolute atomic E-state index is 0.288. The van der Waals surface area contributed by atoms with E-state index in [2.05, 4.69) is 11.0 Å². The highest BCUT2D eigenvalue weighted by atomic mass is 16.6. The second-order valence-electron chi connectivity index (χ2n) is 10.6. The molecule has 1 saturated heterocycles. The van der Waals surface area contributed by atoms with Gasteiger partial charge in [-0.05, 0) is 88.1 Å². The van der Waals surface area contributed by atoms with Gasteiger partial charge in [0.1, 0.15) is 5.75 Å². The Morgan fingerprint density at radius 3 is 2.40 bits per heavy atom. The van der Waals surface area contributed by atoms with E-state index in [0.717, 1.165) is 94.2 Å². The van der Waals surface area contributed by atoms with Gasteiger partial charge in [-0.15, -0.1) is 0 Å². The lowest BCUT2D eigenvalue weighted by molar-refractivity contribution is 0.170. The third-order valence-electron chi connectivity index (χ3n) is 8.33. The number of nitrogens with zero attached hydrogens (tertiary/aromatic N) is 3. The minimum atomic E-state index is -0.324. The number of hydrogen-bond acceptors (Lipinski definition) is 5. The molecule has 1 fully saturated rings. The number of aromatic hydroxyl groups is 2. The van der Waals surface area contributed by atoms with Crippen molar-refractivity contribution in [2.75, 3.05) is 27.2 Å². The van der Waals surface area contributed by atoms with Crippen LogP contribution in [0.3, 0.4) is 0 Å². The van der Waals surface area contributed by atoms with Crippen molar-refractivity contribution in [1.29, 1.82) is 0 Å². The summed E-state index contributed by atoms with van der Waals surface area (Å²) in [6, 6.07) is 6.72. The first-order valence-corrected chi connectivity index (χ1v) is 13.3. The average molecular weight is 482 g/mol. The number of aromatic nitrogens is 1. The molecular weight excluding hydrogens is 442 g/mol. The van der Waals surface area contributed by atoms with Crippen LogP contribution in [-0.4, -0.2) is 63.9 Å². The number of hydrogen-bond donors (Lipinski definition) is 2. The summed E-state index contributed by atoms with van der Waals surface area (Å²) in [7, 11) is 3.42. The largest absolute Gasteiger partial charge is 0.494 e. The van der Waals surface area contributed by atoms with Gasteiger partial charge in [0.15, 0.2) is 11.8 Å². The van der Waals surface area contributed by atoms with Crippen LogP contribution in [0.1, 0.15) is 73.1 Å². The summed E-state index contributed by atoms with van der Waals surface area (Å²) in [6.45, 7) is 2.88. The molecule has 1 amide bonds. The molecule has 1 aromatic carbocycles. The van der Waals surface area contributed by atoms with Gasteiger partial charge in [0.25, 0.3) is 0 Å².